The number of rotatable bonds is 5. The molecule has 0 spiro atoms. The molecule has 0 radical (unpaired) electrons. The first-order valence-corrected chi connectivity index (χ1v) is 8.15. The first kappa shape index (κ1) is 18.0. The van der Waals surface area contributed by atoms with Gasteiger partial charge < -0.3 is 10.6 Å². The Hall–Kier alpha value is -2.33. The van der Waals surface area contributed by atoms with E-state index in [1.165, 1.54) is 0 Å². The molecule has 2 aromatic rings. The third-order valence-corrected chi connectivity index (χ3v) is 4.14. The smallest absolute Gasteiger partial charge is 0.251 e. The van der Waals surface area contributed by atoms with Crippen LogP contribution in [0.4, 0.5) is 0 Å². The molecule has 2 N–H and O–H groups in total. The second kappa shape index (κ2) is 7.97. The molecule has 2 amide bonds. The van der Waals surface area contributed by atoms with Crippen LogP contribution in [0.2, 0.25) is 5.02 Å². The molecule has 0 aliphatic carbocycles. The summed E-state index contributed by atoms with van der Waals surface area (Å²) in [5.41, 5.74) is 3.63. The van der Waals surface area contributed by atoms with Crippen LogP contribution in [0.5, 0.6) is 0 Å². The van der Waals surface area contributed by atoms with Crippen LogP contribution >= 0.6 is 11.6 Å². The zero-order valence-corrected chi connectivity index (χ0v) is 14.8. The Labute approximate surface area is 147 Å². The van der Waals surface area contributed by atoms with E-state index in [-0.39, 0.29) is 24.4 Å². The van der Waals surface area contributed by atoms with Crippen molar-refractivity contribution in [3.63, 3.8) is 0 Å². The van der Waals surface area contributed by atoms with Gasteiger partial charge in [0.15, 0.2) is 0 Å². The van der Waals surface area contributed by atoms with Crippen molar-refractivity contribution in [2.24, 2.45) is 0 Å². The van der Waals surface area contributed by atoms with Gasteiger partial charge in [0.05, 0.1) is 12.6 Å². The lowest BCUT2D eigenvalue weighted by molar-refractivity contribution is -0.120. The van der Waals surface area contributed by atoms with E-state index in [1.54, 1.807) is 18.2 Å². The molecule has 0 aromatic heterocycles. The number of hydrogen-bond donors (Lipinski definition) is 2. The molecule has 0 unspecified atom stereocenters. The minimum atomic E-state index is -0.261. The molecule has 24 heavy (non-hydrogen) atoms. The lowest BCUT2D eigenvalue weighted by Crippen LogP contribution is -2.38. The third-order valence-electron chi connectivity index (χ3n) is 3.90. The van der Waals surface area contributed by atoms with E-state index in [4.69, 9.17) is 11.6 Å². The zero-order chi connectivity index (χ0) is 17.7. The Morgan fingerprint density at radius 3 is 2.50 bits per heavy atom. The number of benzene rings is 2. The fraction of sp³-hybridized carbons (Fsp3) is 0.263. The van der Waals surface area contributed by atoms with Gasteiger partial charge in [0.25, 0.3) is 5.91 Å². The van der Waals surface area contributed by atoms with Crippen LogP contribution in [0.1, 0.15) is 40.0 Å². The highest BCUT2D eigenvalue weighted by Crippen LogP contribution is 2.17. The highest BCUT2D eigenvalue weighted by atomic mass is 35.5. The SMILES string of the molecule is Cc1ccc(C(=O)NCC(=O)N[C@@H](C)c2cccc(Cl)c2)cc1C. The highest BCUT2D eigenvalue weighted by molar-refractivity contribution is 6.30. The van der Waals surface area contributed by atoms with Crippen LogP contribution in [0.15, 0.2) is 42.5 Å². The van der Waals surface area contributed by atoms with Gasteiger partial charge in [-0.05, 0) is 61.7 Å². The number of carbonyl (C=O) groups excluding carboxylic acids is 2. The Morgan fingerprint density at radius 1 is 1.08 bits per heavy atom. The largest absolute Gasteiger partial charge is 0.348 e. The van der Waals surface area contributed by atoms with Crippen molar-refractivity contribution in [3.8, 4) is 0 Å². The molecule has 1 atom stereocenters. The topological polar surface area (TPSA) is 58.2 Å². The Morgan fingerprint density at radius 2 is 1.83 bits per heavy atom. The Kier molecular flexibility index (Phi) is 5.99. The Bertz CT molecular complexity index is 759. The van der Waals surface area contributed by atoms with E-state index >= 15 is 0 Å². The molecule has 0 heterocycles. The van der Waals surface area contributed by atoms with Crippen molar-refractivity contribution in [2.75, 3.05) is 6.54 Å². The number of nitrogens with one attached hydrogen (secondary N) is 2. The average Bonchev–Trinajstić information content (AvgIpc) is 2.55. The maximum atomic E-state index is 12.1. The molecule has 0 aliphatic heterocycles. The first-order valence-electron chi connectivity index (χ1n) is 7.77. The fourth-order valence-corrected chi connectivity index (χ4v) is 2.50. The van der Waals surface area contributed by atoms with Crippen molar-refractivity contribution < 1.29 is 9.59 Å². The van der Waals surface area contributed by atoms with Crippen molar-refractivity contribution in [1.82, 2.24) is 10.6 Å². The summed E-state index contributed by atoms with van der Waals surface area (Å²) < 4.78 is 0. The minimum absolute atomic E-state index is 0.0728. The van der Waals surface area contributed by atoms with Crippen molar-refractivity contribution >= 4 is 23.4 Å². The van der Waals surface area contributed by atoms with Crippen molar-refractivity contribution in [3.05, 3.63) is 69.7 Å². The van der Waals surface area contributed by atoms with Crippen molar-refractivity contribution in [2.45, 2.75) is 26.8 Å². The number of amides is 2. The maximum Gasteiger partial charge on any atom is 0.251 e. The van der Waals surface area contributed by atoms with Gasteiger partial charge in [-0.1, -0.05) is 29.8 Å². The summed E-state index contributed by atoms with van der Waals surface area (Å²) in [4.78, 5) is 24.1. The summed E-state index contributed by atoms with van der Waals surface area (Å²) in [5, 5.41) is 6.10. The second-order valence-electron chi connectivity index (χ2n) is 5.83. The first-order chi connectivity index (χ1) is 11.4. The number of aryl methyl sites for hydroxylation is 2. The lowest BCUT2D eigenvalue weighted by Gasteiger charge is -2.15. The highest BCUT2D eigenvalue weighted by Gasteiger charge is 2.12. The van der Waals surface area contributed by atoms with Crippen LogP contribution in [0.3, 0.4) is 0 Å². The number of hydrogen-bond acceptors (Lipinski definition) is 2. The monoisotopic (exact) mass is 344 g/mol. The average molecular weight is 345 g/mol. The molecule has 0 aliphatic rings. The normalized spacial score (nSPS) is 11.7. The van der Waals surface area contributed by atoms with E-state index in [0.29, 0.717) is 10.6 Å². The number of carbonyl (C=O) groups is 2. The van der Waals surface area contributed by atoms with Gasteiger partial charge in [-0.2, -0.15) is 0 Å². The fourth-order valence-electron chi connectivity index (χ4n) is 2.30. The van der Waals surface area contributed by atoms with E-state index in [9.17, 15) is 9.59 Å². The molecule has 2 aromatic carbocycles. The minimum Gasteiger partial charge on any atom is -0.348 e. The molecule has 0 saturated heterocycles. The summed E-state index contributed by atoms with van der Waals surface area (Å²) in [5.74, 6) is -0.511. The molecular weight excluding hydrogens is 324 g/mol. The van der Waals surface area contributed by atoms with E-state index in [2.05, 4.69) is 10.6 Å². The molecule has 0 bridgehead atoms. The Balaban J connectivity index is 1.88. The van der Waals surface area contributed by atoms with Gasteiger partial charge in [0.2, 0.25) is 5.91 Å². The maximum absolute atomic E-state index is 12.1. The molecule has 0 saturated carbocycles. The predicted molar refractivity (Wildman–Crippen MR) is 96.3 cm³/mol. The molecule has 0 fully saturated rings. The molecule has 5 heteroatoms. The third kappa shape index (κ3) is 4.83. The molecule has 4 nitrogen and oxygen atoms in total. The standard InChI is InChI=1S/C19H21ClN2O2/c1-12-7-8-16(9-13(12)2)19(24)21-11-18(23)22-14(3)15-5-4-6-17(20)10-15/h4-10,14H,11H2,1-3H3,(H,21,24)(H,22,23)/t14-/m0/s1. The van der Waals surface area contributed by atoms with Gasteiger partial charge in [0.1, 0.15) is 0 Å². The van der Waals surface area contributed by atoms with Crippen LogP contribution in [-0.2, 0) is 4.79 Å². The molecular formula is C19H21ClN2O2. The molecule has 126 valence electrons. The van der Waals surface area contributed by atoms with Crippen LogP contribution in [0, 0.1) is 13.8 Å². The summed E-state index contributed by atoms with van der Waals surface area (Å²) in [6, 6.07) is 12.6. The van der Waals surface area contributed by atoms with E-state index in [0.717, 1.165) is 16.7 Å². The molecule has 2 rings (SSSR count). The van der Waals surface area contributed by atoms with Gasteiger partial charge in [-0.25, -0.2) is 0 Å². The summed E-state index contributed by atoms with van der Waals surface area (Å²) in [6.45, 7) is 5.73. The van der Waals surface area contributed by atoms with Gasteiger partial charge >= 0.3 is 0 Å². The van der Waals surface area contributed by atoms with Gasteiger partial charge in [0, 0.05) is 10.6 Å². The summed E-state index contributed by atoms with van der Waals surface area (Å²) in [6.07, 6.45) is 0. The van der Waals surface area contributed by atoms with Crippen LogP contribution < -0.4 is 10.6 Å². The second-order valence-corrected chi connectivity index (χ2v) is 6.26. The van der Waals surface area contributed by atoms with Crippen LogP contribution in [0.25, 0.3) is 0 Å². The van der Waals surface area contributed by atoms with Crippen LogP contribution in [-0.4, -0.2) is 18.4 Å². The number of halogens is 1. The summed E-state index contributed by atoms with van der Waals surface area (Å²) in [7, 11) is 0. The van der Waals surface area contributed by atoms with E-state index < -0.39 is 0 Å². The predicted octanol–water partition coefficient (Wildman–Crippen LogP) is 3.56. The quantitative estimate of drug-likeness (QED) is 0.871. The van der Waals surface area contributed by atoms with Crippen molar-refractivity contribution in [1.29, 1.82) is 0 Å². The van der Waals surface area contributed by atoms with Gasteiger partial charge in [-0.3, -0.25) is 9.59 Å². The lowest BCUT2D eigenvalue weighted by atomic mass is 10.1. The summed E-state index contributed by atoms with van der Waals surface area (Å²) >= 11 is 5.95. The zero-order valence-electron chi connectivity index (χ0n) is 14.0. The van der Waals surface area contributed by atoms with E-state index in [1.807, 2.05) is 45.0 Å². The van der Waals surface area contributed by atoms with Gasteiger partial charge in [-0.15, -0.1) is 0 Å².